The second kappa shape index (κ2) is 31.6. The summed E-state index contributed by atoms with van der Waals surface area (Å²) in [5, 5.41) is 8.84. The Morgan fingerprint density at radius 3 is 1.47 bits per heavy atom. The van der Waals surface area contributed by atoms with Gasteiger partial charge < -0.3 is 25.2 Å². The van der Waals surface area contributed by atoms with Crippen LogP contribution < -0.4 is 5.73 Å². The number of phosphoric acid groups is 1. The summed E-state index contributed by atoms with van der Waals surface area (Å²) in [6.45, 7) is 3.87. The molecule has 0 aliphatic rings. The van der Waals surface area contributed by atoms with Crippen molar-refractivity contribution < 1.29 is 42.7 Å². The molecule has 0 rings (SSSR count). The van der Waals surface area contributed by atoms with Crippen LogP contribution in [0, 0.1) is 0 Å². The lowest BCUT2D eigenvalue weighted by atomic mass is 10.0. The van der Waals surface area contributed by atoms with Crippen molar-refractivity contribution in [2.24, 2.45) is 5.73 Å². The van der Waals surface area contributed by atoms with E-state index in [1.165, 1.54) is 109 Å². The largest absolute Gasteiger partial charge is 0.480 e. The van der Waals surface area contributed by atoms with Gasteiger partial charge in [0.1, 0.15) is 12.1 Å². The van der Waals surface area contributed by atoms with Crippen molar-refractivity contribution in [3.63, 3.8) is 0 Å². The number of ether oxygens (including phenoxy) is 2. The van der Waals surface area contributed by atoms with Crippen molar-refractivity contribution in [1.82, 2.24) is 0 Å². The third-order valence-corrected chi connectivity index (χ3v) is 8.84. The van der Waals surface area contributed by atoms with Crippen LogP contribution in [0.2, 0.25) is 0 Å². The number of hydrogen-bond acceptors (Lipinski definition) is 8. The summed E-state index contributed by atoms with van der Waals surface area (Å²) in [5.41, 5.74) is 5.32. The van der Waals surface area contributed by atoms with Gasteiger partial charge in [-0.15, -0.1) is 0 Å². The molecule has 11 heteroatoms. The van der Waals surface area contributed by atoms with Gasteiger partial charge in [0, 0.05) is 13.0 Å². The Labute approximate surface area is 274 Å². The molecule has 0 aliphatic heterocycles. The van der Waals surface area contributed by atoms with Crippen LogP contribution >= 0.6 is 7.82 Å². The van der Waals surface area contributed by atoms with Crippen molar-refractivity contribution >= 4 is 19.8 Å². The topological polar surface area (TPSA) is 155 Å². The predicted octanol–water partition coefficient (Wildman–Crippen LogP) is 8.86. The highest BCUT2D eigenvalue weighted by molar-refractivity contribution is 7.47. The fourth-order valence-electron chi connectivity index (χ4n) is 5.01. The number of carbonyl (C=O) groups is 2. The molecule has 0 bridgehead atoms. The Morgan fingerprint density at radius 2 is 1.02 bits per heavy atom. The van der Waals surface area contributed by atoms with Crippen LogP contribution in [0.1, 0.15) is 168 Å². The Hall–Kier alpha value is -1.03. The van der Waals surface area contributed by atoms with E-state index in [0.29, 0.717) is 6.61 Å². The smallest absolute Gasteiger partial charge is 0.472 e. The molecule has 10 nitrogen and oxygen atoms in total. The van der Waals surface area contributed by atoms with E-state index in [2.05, 4.69) is 18.4 Å². The third-order valence-electron chi connectivity index (χ3n) is 7.89. The summed E-state index contributed by atoms with van der Waals surface area (Å²) in [6, 6.07) is -1.47. The molecule has 45 heavy (non-hydrogen) atoms. The van der Waals surface area contributed by atoms with Gasteiger partial charge in [-0.3, -0.25) is 18.6 Å². The molecule has 0 aromatic rings. The molecule has 3 unspecified atom stereocenters. The van der Waals surface area contributed by atoms with Crippen LogP contribution in [0.4, 0.5) is 0 Å². The maximum absolute atomic E-state index is 12.5. The molecule has 0 radical (unpaired) electrons. The molecule has 4 N–H and O–H groups in total. The molecule has 0 amide bonds. The average molecular weight is 666 g/mol. The monoisotopic (exact) mass is 665 g/mol. The lowest BCUT2D eigenvalue weighted by Gasteiger charge is -2.20. The molecule has 0 aromatic heterocycles. The Bertz CT molecular complexity index is 740. The van der Waals surface area contributed by atoms with Crippen molar-refractivity contribution in [2.45, 2.75) is 180 Å². The van der Waals surface area contributed by atoms with Crippen LogP contribution in [0.15, 0.2) is 0 Å². The second-order valence-electron chi connectivity index (χ2n) is 12.4. The number of carboxylic acids is 1. The highest BCUT2D eigenvalue weighted by Crippen LogP contribution is 2.43. The van der Waals surface area contributed by atoms with Gasteiger partial charge in [-0.2, -0.15) is 0 Å². The average Bonchev–Trinajstić information content (AvgIpc) is 3.01. The molecule has 3 atom stereocenters. The first-order valence-electron chi connectivity index (χ1n) is 18.1. The minimum Gasteiger partial charge on any atom is -0.480 e. The predicted molar refractivity (Wildman–Crippen MR) is 180 cm³/mol. The Kier molecular flexibility index (Phi) is 30.8. The fraction of sp³-hybridized carbons (Fsp3) is 0.941. The maximum atomic E-state index is 12.5. The van der Waals surface area contributed by atoms with E-state index in [9.17, 15) is 19.0 Å². The summed E-state index contributed by atoms with van der Waals surface area (Å²) in [7, 11) is -4.59. The van der Waals surface area contributed by atoms with Crippen molar-refractivity contribution in [2.75, 3.05) is 26.4 Å². The minimum atomic E-state index is -4.59. The van der Waals surface area contributed by atoms with Gasteiger partial charge in [0.25, 0.3) is 0 Å². The lowest BCUT2D eigenvalue weighted by Crippen LogP contribution is -2.34. The van der Waals surface area contributed by atoms with Crippen molar-refractivity contribution in [1.29, 1.82) is 0 Å². The van der Waals surface area contributed by atoms with Crippen molar-refractivity contribution in [3.8, 4) is 0 Å². The first-order chi connectivity index (χ1) is 21.7. The zero-order valence-corrected chi connectivity index (χ0v) is 29.6. The molecule has 268 valence electrons. The van der Waals surface area contributed by atoms with Gasteiger partial charge in [-0.1, -0.05) is 149 Å². The number of hydrogen-bond donors (Lipinski definition) is 3. The van der Waals surface area contributed by atoms with Crippen molar-refractivity contribution in [3.05, 3.63) is 0 Å². The number of carbonyl (C=O) groups excluding carboxylic acids is 1. The number of carboxylic acid groups (broad SMARTS) is 1. The number of esters is 1. The van der Waals surface area contributed by atoms with Crippen LogP contribution in [0.25, 0.3) is 0 Å². The van der Waals surface area contributed by atoms with E-state index >= 15 is 0 Å². The molecular weight excluding hydrogens is 597 g/mol. The number of aliphatic carboxylic acids is 1. The van der Waals surface area contributed by atoms with E-state index in [1.807, 2.05) is 0 Å². The van der Waals surface area contributed by atoms with Crippen LogP contribution in [-0.2, 0) is 32.7 Å². The van der Waals surface area contributed by atoms with Gasteiger partial charge in [0.05, 0.1) is 19.8 Å². The SMILES string of the molecule is CCCCCCCCCCCCCCC(=O)OC(COCCCCCCCCCCCCC)COP(=O)(O)OCC(N)C(=O)O. The van der Waals surface area contributed by atoms with Crippen LogP contribution in [-0.4, -0.2) is 60.5 Å². The molecule has 0 heterocycles. The molecule has 0 saturated carbocycles. The zero-order chi connectivity index (χ0) is 33.4. The summed E-state index contributed by atoms with van der Waals surface area (Å²) in [6.07, 6.45) is 27.2. The summed E-state index contributed by atoms with van der Waals surface area (Å²) in [5.74, 6) is -1.77. The number of unbranched alkanes of at least 4 members (excludes halogenated alkanes) is 21. The Balaban J connectivity index is 4.31. The van der Waals surface area contributed by atoms with Gasteiger partial charge in [0.15, 0.2) is 0 Å². The summed E-state index contributed by atoms with van der Waals surface area (Å²) in [4.78, 5) is 33.3. The lowest BCUT2D eigenvalue weighted by molar-refractivity contribution is -0.154. The van der Waals surface area contributed by atoms with Gasteiger partial charge in [0.2, 0.25) is 0 Å². The van der Waals surface area contributed by atoms with Crippen LogP contribution in [0.3, 0.4) is 0 Å². The van der Waals surface area contributed by atoms with Gasteiger partial charge >= 0.3 is 19.8 Å². The van der Waals surface area contributed by atoms with E-state index < -0.39 is 45.1 Å². The Morgan fingerprint density at radius 1 is 0.622 bits per heavy atom. The maximum Gasteiger partial charge on any atom is 0.472 e. The first kappa shape index (κ1) is 44.0. The number of phosphoric ester groups is 1. The van der Waals surface area contributed by atoms with E-state index in [4.69, 9.17) is 24.8 Å². The van der Waals surface area contributed by atoms with E-state index in [0.717, 1.165) is 38.5 Å². The molecule has 0 spiro atoms. The molecule has 0 saturated heterocycles. The zero-order valence-electron chi connectivity index (χ0n) is 28.7. The minimum absolute atomic E-state index is 0.0244. The summed E-state index contributed by atoms with van der Waals surface area (Å²) >= 11 is 0. The van der Waals surface area contributed by atoms with Crippen LogP contribution in [0.5, 0.6) is 0 Å². The molecule has 0 fully saturated rings. The second-order valence-corrected chi connectivity index (χ2v) is 13.8. The highest BCUT2D eigenvalue weighted by atomic mass is 31.2. The fourth-order valence-corrected chi connectivity index (χ4v) is 5.79. The first-order valence-corrected chi connectivity index (χ1v) is 19.6. The van der Waals surface area contributed by atoms with E-state index in [-0.39, 0.29) is 13.0 Å². The molecule has 0 aromatic carbocycles. The van der Waals surface area contributed by atoms with E-state index in [1.54, 1.807) is 0 Å². The van der Waals surface area contributed by atoms with Gasteiger partial charge in [-0.25, -0.2) is 4.57 Å². The van der Waals surface area contributed by atoms with Gasteiger partial charge in [-0.05, 0) is 12.8 Å². The number of rotatable bonds is 35. The summed E-state index contributed by atoms with van der Waals surface area (Å²) < 4.78 is 33.1. The molecule has 0 aliphatic carbocycles. The quantitative estimate of drug-likeness (QED) is 0.0340. The number of nitrogens with two attached hydrogens (primary N) is 1. The highest BCUT2D eigenvalue weighted by Gasteiger charge is 2.27. The third kappa shape index (κ3) is 31.3. The molecular formula is C34H68NO9P. The normalized spacial score (nSPS) is 14.2. The standard InChI is InChI=1S/C34H68NO9P/c1-3-5-7-9-11-13-15-16-18-20-22-24-26-33(36)44-31(29-42-45(39,40)43-30-32(35)34(37)38)28-41-27-25-23-21-19-17-14-12-10-8-6-4-2/h31-32H,3-30,35H2,1-2H3,(H,37,38)(H,39,40).